The molecular formula is C6H6BrFO2. The predicted octanol–water partition coefficient (Wildman–Crippen LogP) is 1.77. The Kier molecular flexibility index (Phi) is 1.83. The van der Waals surface area contributed by atoms with Gasteiger partial charge in [-0.25, -0.2) is 4.39 Å². The molecule has 1 aliphatic rings. The first-order chi connectivity index (χ1) is 4.49. The molecule has 0 radical (unpaired) electrons. The Morgan fingerprint density at radius 3 is 2.70 bits per heavy atom. The van der Waals surface area contributed by atoms with Gasteiger partial charge >= 0.3 is 0 Å². The summed E-state index contributed by atoms with van der Waals surface area (Å²) in [4.78, 5) is 0. The quantitative estimate of drug-likeness (QED) is 0.638. The molecule has 0 aromatic heterocycles. The Hall–Kier alpha value is -0.350. The van der Waals surface area contributed by atoms with E-state index in [1.807, 2.05) is 0 Å². The van der Waals surface area contributed by atoms with Gasteiger partial charge in [-0.05, 0) is 12.2 Å². The van der Waals surface area contributed by atoms with E-state index in [1.54, 1.807) is 0 Å². The summed E-state index contributed by atoms with van der Waals surface area (Å²) in [7, 11) is 0. The summed E-state index contributed by atoms with van der Waals surface area (Å²) in [5, 5.41) is 17.5. The molecule has 0 bridgehead atoms. The van der Waals surface area contributed by atoms with E-state index in [0.717, 1.165) is 6.08 Å². The number of halogens is 2. The second-order valence-electron chi connectivity index (χ2n) is 2.16. The van der Waals surface area contributed by atoms with Crippen LogP contribution in [0.5, 0.6) is 0 Å². The largest absolute Gasteiger partial charge is 0.512 e. The second kappa shape index (κ2) is 2.36. The minimum absolute atomic E-state index is 0.167. The van der Waals surface area contributed by atoms with Crippen molar-refractivity contribution in [2.75, 3.05) is 0 Å². The zero-order valence-electron chi connectivity index (χ0n) is 5.01. The van der Waals surface area contributed by atoms with Gasteiger partial charge in [-0.3, -0.25) is 0 Å². The Morgan fingerprint density at radius 1 is 1.70 bits per heavy atom. The SMILES string of the molecule is OC1=CC(Br)=CC(O)(F)C1. The van der Waals surface area contributed by atoms with E-state index < -0.39 is 5.85 Å². The minimum Gasteiger partial charge on any atom is -0.512 e. The first-order valence-corrected chi connectivity index (χ1v) is 3.48. The molecule has 0 amide bonds. The monoisotopic (exact) mass is 208 g/mol. The lowest BCUT2D eigenvalue weighted by atomic mass is 10.1. The second-order valence-corrected chi connectivity index (χ2v) is 3.08. The van der Waals surface area contributed by atoms with Crippen molar-refractivity contribution in [2.24, 2.45) is 0 Å². The summed E-state index contributed by atoms with van der Waals surface area (Å²) >= 11 is 2.93. The van der Waals surface area contributed by atoms with Crippen LogP contribution in [0.25, 0.3) is 0 Å². The third-order valence-electron chi connectivity index (χ3n) is 1.09. The highest BCUT2D eigenvalue weighted by Crippen LogP contribution is 2.28. The molecule has 0 aliphatic heterocycles. The van der Waals surface area contributed by atoms with Crippen molar-refractivity contribution in [1.82, 2.24) is 0 Å². The maximum absolute atomic E-state index is 12.6. The number of alkyl halides is 1. The van der Waals surface area contributed by atoms with Gasteiger partial charge in [0, 0.05) is 4.48 Å². The topological polar surface area (TPSA) is 40.5 Å². The van der Waals surface area contributed by atoms with Gasteiger partial charge in [0.15, 0.2) is 0 Å². The summed E-state index contributed by atoms with van der Waals surface area (Å²) < 4.78 is 13.0. The lowest BCUT2D eigenvalue weighted by Crippen LogP contribution is -2.21. The standard InChI is InChI=1S/C6H6BrFO2/c7-4-1-5(9)3-6(8,10)2-4/h1-2,9-10H,3H2. The van der Waals surface area contributed by atoms with Gasteiger partial charge in [-0.15, -0.1) is 0 Å². The lowest BCUT2D eigenvalue weighted by molar-refractivity contribution is -0.0483. The van der Waals surface area contributed by atoms with Gasteiger partial charge in [0.2, 0.25) is 5.85 Å². The summed E-state index contributed by atoms with van der Waals surface area (Å²) in [6, 6.07) is 0. The van der Waals surface area contributed by atoms with Crippen molar-refractivity contribution in [3.63, 3.8) is 0 Å². The Morgan fingerprint density at radius 2 is 2.30 bits per heavy atom. The Labute approximate surface area is 65.8 Å². The predicted molar refractivity (Wildman–Crippen MR) is 38.4 cm³/mol. The zero-order chi connectivity index (χ0) is 7.78. The summed E-state index contributed by atoms with van der Waals surface area (Å²) in [6.07, 6.45) is 1.96. The van der Waals surface area contributed by atoms with Crippen LogP contribution in [0, 0.1) is 0 Å². The average molecular weight is 209 g/mol. The molecule has 1 rings (SSSR count). The molecule has 0 saturated heterocycles. The maximum atomic E-state index is 12.6. The third kappa shape index (κ3) is 1.82. The van der Waals surface area contributed by atoms with Crippen molar-refractivity contribution in [3.05, 3.63) is 22.4 Å². The molecule has 1 atom stereocenters. The van der Waals surface area contributed by atoms with E-state index >= 15 is 0 Å². The number of rotatable bonds is 0. The van der Waals surface area contributed by atoms with Gasteiger partial charge in [0.25, 0.3) is 0 Å². The highest BCUT2D eigenvalue weighted by molar-refractivity contribution is 9.11. The molecule has 2 nitrogen and oxygen atoms in total. The summed E-state index contributed by atoms with van der Waals surface area (Å²) in [5.41, 5.74) is 0. The zero-order valence-corrected chi connectivity index (χ0v) is 6.60. The third-order valence-corrected chi connectivity index (χ3v) is 1.55. The van der Waals surface area contributed by atoms with Crippen LogP contribution in [0.15, 0.2) is 22.4 Å². The molecule has 1 aliphatic carbocycles. The van der Waals surface area contributed by atoms with Gasteiger partial charge in [0.1, 0.15) is 0 Å². The fraction of sp³-hybridized carbons (Fsp3) is 0.333. The van der Waals surface area contributed by atoms with E-state index in [-0.39, 0.29) is 12.2 Å². The van der Waals surface area contributed by atoms with E-state index in [1.165, 1.54) is 6.08 Å². The molecular weight excluding hydrogens is 203 g/mol. The van der Waals surface area contributed by atoms with Crippen LogP contribution in [0.3, 0.4) is 0 Å². The lowest BCUT2D eigenvalue weighted by Gasteiger charge is -2.17. The highest BCUT2D eigenvalue weighted by Gasteiger charge is 2.27. The number of allylic oxidation sites excluding steroid dienone is 2. The average Bonchev–Trinajstić information content (AvgIpc) is 1.54. The van der Waals surface area contributed by atoms with Crippen LogP contribution in [0.2, 0.25) is 0 Å². The molecule has 56 valence electrons. The van der Waals surface area contributed by atoms with E-state index in [4.69, 9.17) is 10.2 Å². The van der Waals surface area contributed by atoms with Crippen LogP contribution < -0.4 is 0 Å². The van der Waals surface area contributed by atoms with Crippen molar-refractivity contribution < 1.29 is 14.6 Å². The molecule has 10 heavy (non-hydrogen) atoms. The van der Waals surface area contributed by atoms with Gasteiger partial charge in [-0.1, -0.05) is 15.9 Å². The van der Waals surface area contributed by atoms with Crippen molar-refractivity contribution in [2.45, 2.75) is 12.3 Å². The maximum Gasteiger partial charge on any atom is 0.234 e. The molecule has 0 aromatic rings. The molecule has 0 saturated carbocycles. The van der Waals surface area contributed by atoms with Gasteiger partial charge in [-0.2, -0.15) is 0 Å². The molecule has 0 spiro atoms. The van der Waals surface area contributed by atoms with Crippen molar-refractivity contribution >= 4 is 15.9 Å². The molecule has 2 N–H and O–H groups in total. The van der Waals surface area contributed by atoms with Crippen LogP contribution in [0.1, 0.15) is 6.42 Å². The Bertz CT molecular complexity index is 208. The van der Waals surface area contributed by atoms with Crippen LogP contribution >= 0.6 is 15.9 Å². The first-order valence-electron chi connectivity index (χ1n) is 2.69. The van der Waals surface area contributed by atoms with E-state index in [9.17, 15) is 4.39 Å². The van der Waals surface area contributed by atoms with Crippen molar-refractivity contribution in [1.29, 1.82) is 0 Å². The van der Waals surface area contributed by atoms with E-state index in [2.05, 4.69) is 15.9 Å². The number of aliphatic hydroxyl groups is 2. The highest BCUT2D eigenvalue weighted by atomic mass is 79.9. The normalized spacial score (nSPS) is 33.1. The van der Waals surface area contributed by atoms with Crippen LogP contribution in [0.4, 0.5) is 4.39 Å². The number of hydrogen-bond acceptors (Lipinski definition) is 2. The number of aliphatic hydroxyl groups excluding tert-OH is 1. The fourth-order valence-electron chi connectivity index (χ4n) is 0.768. The van der Waals surface area contributed by atoms with Crippen LogP contribution in [-0.4, -0.2) is 16.1 Å². The minimum atomic E-state index is -2.41. The molecule has 0 fully saturated rings. The summed E-state index contributed by atoms with van der Waals surface area (Å²) in [5.74, 6) is -2.57. The smallest absolute Gasteiger partial charge is 0.234 e. The van der Waals surface area contributed by atoms with Gasteiger partial charge < -0.3 is 10.2 Å². The fourth-order valence-corrected chi connectivity index (χ4v) is 1.38. The Balaban J connectivity index is 2.88. The number of hydrogen-bond donors (Lipinski definition) is 2. The van der Waals surface area contributed by atoms with E-state index in [0.29, 0.717) is 4.48 Å². The molecule has 0 aromatic carbocycles. The molecule has 1 unspecified atom stereocenters. The first kappa shape index (κ1) is 7.75. The van der Waals surface area contributed by atoms with Gasteiger partial charge in [0.05, 0.1) is 12.2 Å². The summed E-state index contributed by atoms with van der Waals surface area (Å²) in [6.45, 7) is 0. The molecule has 4 heteroatoms. The van der Waals surface area contributed by atoms with Crippen molar-refractivity contribution in [3.8, 4) is 0 Å². The molecule has 0 heterocycles. The van der Waals surface area contributed by atoms with Crippen LogP contribution in [-0.2, 0) is 0 Å².